The van der Waals surface area contributed by atoms with E-state index in [1.165, 1.54) is 13.2 Å². The third-order valence-corrected chi connectivity index (χ3v) is 1.99. The van der Waals surface area contributed by atoms with Gasteiger partial charge in [0.2, 0.25) is 0 Å². The van der Waals surface area contributed by atoms with Crippen LogP contribution in [0.15, 0.2) is 12.1 Å². The highest BCUT2D eigenvalue weighted by molar-refractivity contribution is 6.59. The Labute approximate surface area is 91.6 Å². The van der Waals surface area contributed by atoms with Crippen LogP contribution in [0.4, 0.5) is 4.39 Å². The molecule has 1 aromatic rings. The van der Waals surface area contributed by atoms with Gasteiger partial charge < -0.3 is 19.5 Å². The van der Waals surface area contributed by atoms with Crippen LogP contribution in [-0.2, 0) is 4.74 Å². The van der Waals surface area contributed by atoms with Crippen LogP contribution in [0.1, 0.15) is 10.4 Å². The van der Waals surface area contributed by atoms with Crippen LogP contribution in [0, 0.1) is 5.82 Å². The number of carbonyl (C=O) groups is 1. The fraction of sp³-hybridized carbons (Fsp3) is 0.222. The van der Waals surface area contributed by atoms with Crippen LogP contribution in [0.2, 0.25) is 0 Å². The second kappa shape index (κ2) is 4.95. The maximum Gasteiger partial charge on any atom is 0.495 e. The second-order valence-corrected chi connectivity index (χ2v) is 2.94. The molecule has 0 saturated carbocycles. The minimum absolute atomic E-state index is 0.0683. The van der Waals surface area contributed by atoms with Gasteiger partial charge in [-0.3, -0.25) is 0 Å². The highest BCUT2D eigenvalue weighted by atomic mass is 19.1. The fourth-order valence-corrected chi connectivity index (χ4v) is 1.25. The van der Waals surface area contributed by atoms with Crippen molar-refractivity contribution in [2.45, 2.75) is 0 Å². The summed E-state index contributed by atoms with van der Waals surface area (Å²) in [6, 6.07) is 2.02. The van der Waals surface area contributed by atoms with Gasteiger partial charge in [0.25, 0.3) is 0 Å². The number of carbonyl (C=O) groups excluding carboxylic acids is 1. The first kappa shape index (κ1) is 12.5. The van der Waals surface area contributed by atoms with E-state index in [9.17, 15) is 9.18 Å². The fourth-order valence-electron chi connectivity index (χ4n) is 1.25. The van der Waals surface area contributed by atoms with Gasteiger partial charge in [-0.05, 0) is 12.1 Å². The van der Waals surface area contributed by atoms with Crippen LogP contribution in [0.5, 0.6) is 5.75 Å². The zero-order valence-electron chi connectivity index (χ0n) is 8.73. The van der Waals surface area contributed by atoms with Crippen molar-refractivity contribution in [2.24, 2.45) is 0 Å². The normalized spacial score (nSPS) is 9.81. The molecule has 0 saturated heterocycles. The lowest BCUT2D eigenvalue weighted by molar-refractivity contribution is 0.0599. The standard InChI is InChI=1S/C9H10BFO5/c1-15-7-4-5(9(12)16-2)3-6(11)8(7)10(13)14/h3-4,13-14H,1-2H3. The Kier molecular flexibility index (Phi) is 3.86. The Morgan fingerprint density at radius 3 is 2.44 bits per heavy atom. The van der Waals surface area contributed by atoms with Crippen LogP contribution in [-0.4, -0.2) is 37.4 Å². The molecule has 0 aromatic heterocycles. The highest BCUT2D eigenvalue weighted by Crippen LogP contribution is 2.15. The Balaban J connectivity index is 3.32. The summed E-state index contributed by atoms with van der Waals surface area (Å²) in [5.41, 5.74) is -0.489. The number of hydrogen-bond donors (Lipinski definition) is 2. The number of esters is 1. The van der Waals surface area contributed by atoms with Gasteiger partial charge in [0, 0.05) is 0 Å². The van der Waals surface area contributed by atoms with E-state index < -0.39 is 24.4 Å². The predicted octanol–water partition coefficient (Wildman–Crippen LogP) is -0.699. The van der Waals surface area contributed by atoms with E-state index in [0.717, 1.165) is 13.2 Å². The third-order valence-electron chi connectivity index (χ3n) is 1.99. The molecule has 86 valence electrons. The highest BCUT2D eigenvalue weighted by Gasteiger charge is 2.24. The lowest BCUT2D eigenvalue weighted by atomic mass is 9.78. The van der Waals surface area contributed by atoms with E-state index in [4.69, 9.17) is 14.8 Å². The molecule has 0 unspecified atom stereocenters. The predicted molar refractivity (Wildman–Crippen MR) is 54.1 cm³/mol. The molecule has 0 atom stereocenters. The number of hydrogen-bond acceptors (Lipinski definition) is 5. The zero-order chi connectivity index (χ0) is 12.3. The van der Waals surface area contributed by atoms with Crippen molar-refractivity contribution in [3.05, 3.63) is 23.5 Å². The first-order valence-corrected chi connectivity index (χ1v) is 4.33. The van der Waals surface area contributed by atoms with Gasteiger partial charge in [0.05, 0.1) is 25.2 Å². The summed E-state index contributed by atoms with van der Waals surface area (Å²) in [6.07, 6.45) is 0. The van der Waals surface area contributed by atoms with E-state index in [1.54, 1.807) is 0 Å². The van der Waals surface area contributed by atoms with Crippen molar-refractivity contribution < 1.29 is 28.7 Å². The van der Waals surface area contributed by atoms with E-state index in [2.05, 4.69) is 4.74 Å². The molecule has 0 aliphatic carbocycles. The van der Waals surface area contributed by atoms with Crippen molar-refractivity contribution in [1.29, 1.82) is 0 Å². The Morgan fingerprint density at radius 1 is 1.38 bits per heavy atom. The van der Waals surface area contributed by atoms with E-state index in [1.807, 2.05) is 0 Å². The maximum absolute atomic E-state index is 13.4. The lowest BCUT2D eigenvalue weighted by Gasteiger charge is -2.10. The number of benzene rings is 1. The van der Waals surface area contributed by atoms with Gasteiger partial charge in [0.1, 0.15) is 11.6 Å². The molecular weight excluding hydrogens is 218 g/mol. The van der Waals surface area contributed by atoms with Crippen molar-refractivity contribution in [1.82, 2.24) is 0 Å². The lowest BCUT2D eigenvalue weighted by Crippen LogP contribution is -2.34. The van der Waals surface area contributed by atoms with Crippen molar-refractivity contribution >= 4 is 18.6 Å². The number of methoxy groups -OCH3 is 2. The first-order valence-electron chi connectivity index (χ1n) is 4.33. The number of halogens is 1. The largest absolute Gasteiger partial charge is 0.497 e. The molecule has 0 bridgehead atoms. The van der Waals surface area contributed by atoms with Crippen molar-refractivity contribution in [3.8, 4) is 5.75 Å². The number of rotatable bonds is 3. The summed E-state index contributed by atoms with van der Waals surface area (Å²) in [5.74, 6) is -1.82. The van der Waals surface area contributed by atoms with Gasteiger partial charge in [-0.2, -0.15) is 0 Å². The average Bonchev–Trinajstić information content (AvgIpc) is 2.26. The molecule has 1 rings (SSSR count). The van der Waals surface area contributed by atoms with E-state index in [0.29, 0.717) is 0 Å². The SMILES string of the molecule is COC(=O)c1cc(F)c(B(O)O)c(OC)c1. The van der Waals surface area contributed by atoms with Crippen LogP contribution in [0.25, 0.3) is 0 Å². The molecular formula is C9H10BFO5. The Morgan fingerprint density at radius 2 is 2.00 bits per heavy atom. The molecule has 0 aliphatic heterocycles. The molecule has 0 aliphatic rings. The van der Waals surface area contributed by atoms with E-state index >= 15 is 0 Å². The third kappa shape index (κ3) is 2.31. The molecule has 0 spiro atoms. The smallest absolute Gasteiger partial charge is 0.495 e. The molecule has 0 amide bonds. The number of ether oxygens (including phenoxy) is 2. The summed E-state index contributed by atoms with van der Waals surface area (Å²) in [6.45, 7) is 0. The summed E-state index contributed by atoms with van der Waals surface area (Å²) in [7, 11) is 0.366. The molecule has 7 heteroatoms. The average molecular weight is 228 g/mol. The summed E-state index contributed by atoms with van der Waals surface area (Å²) >= 11 is 0. The van der Waals surface area contributed by atoms with Crippen LogP contribution < -0.4 is 10.2 Å². The minimum Gasteiger partial charge on any atom is -0.497 e. The molecule has 1 aromatic carbocycles. The Hall–Kier alpha value is -1.60. The van der Waals surface area contributed by atoms with Crippen LogP contribution in [0.3, 0.4) is 0 Å². The monoisotopic (exact) mass is 228 g/mol. The first-order chi connectivity index (χ1) is 7.51. The quantitative estimate of drug-likeness (QED) is 0.528. The molecule has 0 radical (unpaired) electrons. The molecule has 5 nitrogen and oxygen atoms in total. The maximum atomic E-state index is 13.4. The molecule has 0 heterocycles. The van der Waals surface area contributed by atoms with Crippen LogP contribution >= 0.6 is 0 Å². The second-order valence-electron chi connectivity index (χ2n) is 2.94. The summed E-state index contributed by atoms with van der Waals surface area (Å²) in [5, 5.41) is 17.8. The summed E-state index contributed by atoms with van der Waals surface area (Å²) in [4.78, 5) is 11.1. The minimum atomic E-state index is -2.01. The molecule has 16 heavy (non-hydrogen) atoms. The van der Waals surface area contributed by atoms with E-state index in [-0.39, 0.29) is 11.3 Å². The molecule has 2 N–H and O–H groups in total. The van der Waals surface area contributed by atoms with Crippen molar-refractivity contribution in [3.63, 3.8) is 0 Å². The van der Waals surface area contributed by atoms with Gasteiger partial charge in [0.15, 0.2) is 0 Å². The van der Waals surface area contributed by atoms with Gasteiger partial charge >= 0.3 is 13.1 Å². The van der Waals surface area contributed by atoms with Gasteiger partial charge in [-0.15, -0.1) is 0 Å². The molecule has 0 fully saturated rings. The topological polar surface area (TPSA) is 76.0 Å². The van der Waals surface area contributed by atoms with Gasteiger partial charge in [-0.25, -0.2) is 9.18 Å². The zero-order valence-corrected chi connectivity index (χ0v) is 8.73. The van der Waals surface area contributed by atoms with Crippen molar-refractivity contribution in [2.75, 3.05) is 14.2 Å². The van der Waals surface area contributed by atoms with Gasteiger partial charge in [-0.1, -0.05) is 0 Å². The Bertz CT molecular complexity index is 407. The summed E-state index contributed by atoms with van der Waals surface area (Å²) < 4.78 is 22.6.